The monoisotopic (exact) mass is 328 g/mol. The molecule has 0 saturated carbocycles. The third-order valence-electron chi connectivity index (χ3n) is 3.51. The average Bonchev–Trinajstić information content (AvgIpc) is 2.60. The molecule has 24 heavy (non-hydrogen) atoms. The number of carbonyl (C=O) groups is 1. The summed E-state index contributed by atoms with van der Waals surface area (Å²) in [6, 6.07) is 11.4. The van der Waals surface area contributed by atoms with Crippen LogP contribution in [0.3, 0.4) is 0 Å². The number of pyridine rings is 1. The lowest BCUT2D eigenvalue weighted by atomic mass is 10.2. The van der Waals surface area contributed by atoms with Crippen molar-refractivity contribution in [3.63, 3.8) is 0 Å². The van der Waals surface area contributed by atoms with Gasteiger partial charge in [-0.2, -0.15) is 0 Å². The quantitative estimate of drug-likeness (QED) is 0.776. The van der Waals surface area contributed by atoms with Crippen LogP contribution in [0.2, 0.25) is 0 Å². The van der Waals surface area contributed by atoms with E-state index < -0.39 is 0 Å². The molecule has 1 aromatic carbocycles. The maximum atomic E-state index is 12.1. The summed E-state index contributed by atoms with van der Waals surface area (Å²) < 4.78 is 5.34. The Balaban J connectivity index is 1.96. The molecular weight excluding hydrogens is 304 g/mol. The van der Waals surface area contributed by atoms with E-state index in [0.717, 1.165) is 23.5 Å². The van der Waals surface area contributed by atoms with Gasteiger partial charge < -0.3 is 20.3 Å². The first-order valence-corrected chi connectivity index (χ1v) is 7.85. The number of aromatic nitrogens is 1. The first-order chi connectivity index (χ1) is 11.6. The van der Waals surface area contributed by atoms with Crippen LogP contribution < -0.4 is 15.4 Å². The Labute approximate surface area is 142 Å². The molecule has 6 heteroatoms. The van der Waals surface area contributed by atoms with Gasteiger partial charge in [0.15, 0.2) is 0 Å². The molecule has 0 saturated heterocycles. The second kappa shape index (κ2) is 8.88. The SMILES string of the molecule is COc1ccccc1CNc1ccnc(C(=O)NCCN(C)C)c1. The predicted octanol–water partition coefficient (Wildman–Crippen LogP) is 1.99. The number of carbonyl (C=O) groups excluding carboxylic acids is 1. The zero-order valence-electron chi connectivity index (χ0n) is 14.4. The maximum absolute atomic E-state index is 12.1. The molecule has 0 aliphatic rings. The molecule has 0 spiro atoms. The molecular formula is C18H24N4O2. The Morgan fingerprint density at radius 1 is 1.25 bits per heavy atom. The van der Waals surface area contributed by atoms with Crippen molar-refractivity contribution in [2.45, 2.75) is 6.54 Å². The maximum Gasteiger partial charge on any atom is 0.269 e. The number of hydrogen-bond acceptors (Lipinski definition) is 5. The number of ether oxygens (including phenoxy) is 1. The largest absolute Gasteiger partial charge is 0.496 e. The second-order valence-electron chi connectivity index (χ2n) is 5.65. The van der Waals surface area contributed by atoms with Crippen LogP contribution in [0.4, 0.5) is 5.69 Å². The van der Waals surface area contributed by atoms with Crippen molar-refractivity contribution < 1.29 is 9.53 Å². The molecule has 1 amide bonds. The average molecular weight is 328 g/mol. The van der Waals surface area contributed by atoms with Gasteiger partial charge in [0.25, 0.3) is 5.91 Å². The molecule has 0 radical (unpaired) electrons. The lowest BCUT2D eigenvalue weighted by Crippen LogP contribution is -2.31. The number of nitrogens with zero attached hydrogens (tertiary/aromatic N) is 2. The van der Waals surface area contributed by atoms with Crippen LogP contribution >= 0.6 is 0 Å². The summed E-state index contributed by atoms with van der Waals surface area (Å²) in [5.74, 6) is 0.665. The lowest BCUT2D eigenvalue weighted by Gasteiger charge is -2.12. The summed E-state index contributed by atoms with van der Waals surface area (Å²) >= 11 is 0. The minimum absolute atomic E-state index is 0.169. The van der Waals surface area contributed by atoms with Gasteiger partial charge in [0, 0.05) is 37.1 Å². The van der Waals surface area contributed by atoms with Gasteiger partial charge in [0.2, 0.25) is 0 Å². The summed E-state index contributed by atoms with van der Waals surface area (Å²) in [5, 5.41) is 6.16. The van der Waals surface area contributed by atoms with Gasteiger partial charge in [-0.25, -0.2) is 0 Å². The molecule has 0 aliphatic carbocycles. The van der Waals surface area contributed by atoms with Gasteiger partial charge >= 0.3 is 0 Å². The zero-order valence-corrected chi connectivity index (χ0v) is 14.4. The summed E-state index contributed by atoms with van der Waals surface area (Å²) in [7, 11) is 5.58. The van der Waals surface area contributed by atoms with Crippen molar-refractivity contribution in [2.24, 2.45) is 0 Å². The van der Waals surface area contributed by atoms with E-state index in [1.165, 1.54) is 0 Å². The molecule has 1 heterocycles. The van der Waals surface area contributed by atoms with Crippen molar-refractivity contribution in [1.29, 1.82) is 0 Å². The zero-order chi connectivity index (χ0) is 17.4. The fourth-order valence-corrected chi connectivity index (χ4v) is 2.19. The van der Waals surface area contributed by atoms with Gasteiger partial charge in [-0.3, -0.25) is 9.78 Å². The standard InChI is InChI=1S/C18H24N4O2/c1-22(2)11-10-20-18(23)16-12-15(8-9-19-16)21-13-14-6-4-5-7-17(14)24-3/h4-9,12H,10-11,13H2,1-3H3,(H,19,21)(H,20,23). The van der Waals surface area contributed by atoms with E-state index in [0.29, 0.717) is 18.8 Å². The Hall–Kier alpha value is -2.60. The molecule has 1 aromatic heterocycles. The molecule has 2 N–H and O–H groups in total. The lowest BCUT2D eigenvalue weighted by molar-refractivity contribution is 0.0946. The number of para-hydroxylation sites is 1. The highest BCUT2D eigenvalue weighted by Crippen LogP contribution is 2.19. The van der Waals surface area contributed by atoms with Crippen molar-refractivity contribution >= 4 is 11.6 Å². The number of hydrogen-bond donors (Lipinski definition) is 2. The molecule has 0 bridgehead atoms. The Morgan fingerprint density at radius 3 is 2.79 bits per heavy atom. The van der Waals surface area contributed by atoms with E-state index in [2.05, 4.69) is 15.6 Å². The Bertz CT molecular complexity index is 674. The third kappa shape index (κ3) is 5.24. The van der Waals surface area contributed by atoms with Gasteiger partial charge in [-0.05, 0) is 32.3 Å². The summed E-state index contributed by atoms with van der Waals surface area (Å²) in [4.78, 5) is 18.3. The molecule has 0 unspecified atom stereocenters. The van der Waals surface area contributed by atoms with E-state index in [9.17, 15) is 4.79 Å². The highest BCUT2D eigenvalue weighted by atomic mass is 16.5. The van der Waals surface area contributed by atoms with Crippen molar-refractivity contribution in [1.82, 2.24) is 15.2 Å². The van der Waals surface area contributed by atoms with Crippen LogP contribution in [0, 0.1) is 0 Å². The summed E-state index contributed by atoms with van der Waals surface area (Å²) in [6.45, 7) is 1.99. The second-order valence-corrected chi connectivity index (χ2v) is 5.65. The fourth-order valence-electron chi connectivity index (χ4n) is 2.19. The van der Waals surface area contributed by atoms with Crippen LogP contribution in [-0.2, 0) is 6.54 Å². The first-order valence-electron chi connectivity index (χ1n) is 7.85. The number of methoxy groups -OCH3 is 1. The normalized spacial score (nSPS) is 10.5. The third-order valence-corrected chi connectivity index (χ3v) is 3.51. The molecule has 128 valence electrons. The molecule has 0 fully saturated rings. The van der Waals surface area contributed by atoms with Crippen LogP contribution in [0.25, 0.3) is 0 Å². The number of anilines is 1. The smallest absolute Gasteiger partial charge is 0.269 e. The van der Waals surface area contributed by atoms with E-state index in [-0.39, 0.29) is 5.91 Å². The van der Waals surface area contributed by atoms with Gasteiger partial charge in [0.05, 0.1) is 7.11 Å². The predicted molar refractivity (Wildman–Crippen MR) is 95.4 cm³/mol. The molecule has 0 aliphatic heterocycles. The number of benzene rings is 1. The number of nitrogens with one attached hydrogen (secondary N) is 2. The highest BCUT2D eigenvalue weighted by Gasteiger charge is 2.08. The number of rotatable bonds is 8. The topological polar surface area (TPSA) is 66.5 Å². The molecule has 6 nitrogen and oxygen atoms in total. The Morgan fingerprint density at radius 2 is 2.04 bits per heavy atom. The van der Waals surface area contributed by atoms with Crippen molar-refractivity contribution in [2.75, 3.05) is 39.6 Å². The van der Waals surface area contributed by atoms with Crippen molar-refractivity contribution in [3.05, 3.63) is 53.9 Å². The van der Waals surface area contributed by atoms with Crippen LogP contribution in [0.5, 0.6) is 5.75 Å². The van der Waals surface area contributed by atoms with Gasteiger partial charge in [0.1, 0.15) is 11.4 Å². The van der Waals surface area contributed by atoms with Crippen LogP contribution in [-0.4, -0.2) is 50.1 Å². The van der Waals surface area contributed by atoms with E-state index in [4.69, 9.17) is 4.74 Å². The summed E-state index contributed by atoms with van der Waals surface area (Å²) in [5.41, 5.74) is 2.29. The van der Waals surface area contributed by atoms with E-state index >= 15 is 0 Å². The van der Waals surface area contributed by atoms with Gasteiger partial charge in [-0.1, -0.05) is 18.2 Å². The number of likely N-dealkylation sites (N-methyl/N-ethyl adjacent to an activating group) is 1. The molecule has 0 atom stereocenters. The molecule has 2 aromatic rings. The van der Waals surface area contributed by atoms with E-state index in [1.807, 2.05) is 49.3 Å². The van der Waals surface area contributed by atoms with Crippen molar-refractivity contribution in [3.8, 4) is 5.75 Å². The highest BCUT2D eigenvalue weighted by molar-refractivity contribution is 5.93. The van der Waals surface area contributed by atoms with Crippen LogP contribution in [0.15, 0.2) is 42.6 Å². The van der Waals surface area contributed by atoms with Crippen LogP contribution in [0.1, 0.15) is 16.1 Å². The fraction of sp³-hybridized carbons (Fsp3) is 0.333. The molecule has 2 rings (SSSR count). The van der Waals surface area contributed by atoms with E-state index in [1.54, 1.807) is 19.4 Å². The van der Waals surface area contributed by atoms with Gasteiger partial charge in [-0.15, -0.1) is 0 Å². The summed E-state index contributed by atoms with van der Waals surface area (Å²) in [6.07, 6.45) is 1.63. The minimum Gasteiger partial charge on any atom is -0.496 e. The number of amides is 1. The first kappa shape index (κ1) is 17.7. The Kier molecular flexibility index (Phi) is 6.57. The minimum atomic E-state index is -0.169.